The number of nitrogens with zero attached hydrogens (tertiary/aromatic N) is 3. The molecule has 0 radical (unpaired) electrons. The quantitative estimate of drug-likeness (QED) is 0.562. The van der Waals surface area contributed by atoms with Gasteiger partial charge in [-0.1, -0.05) is 53.7 Å². The molecule has 152 valence electrons. The molecule has 0 fully saturated rings. The van der Waals surface area contributed by atoms with Crippen molar-refractivity contribution in [1.29, 1.82) is 0 Å². The van der Waals surface area contributed by atoms with Crippen LogP contribution in [0.25, 0.3) is 11.4 Å². The van der Waals surface area contributed by atoms with Gasteiger partial charge < -0.3 is 10.1 Å². The number of anilines is 1. The number of aryl methyl sites for hydroxylation is 3. The van der Waals surface area contributed by atoms with Crippen LogP contribution < -0.4 is 5.32 Å². The van der Waals surface area contributed by atoms with E-state index in [0.29, 0.717) is 18.3 Å². The molecule has 1 heterocycles. The van der Waals surface area contributed by atoms with E-state index in [0.717, 1.165) is 33.8 Å². The first kappa shape index (κ1) is 21.1. The Balaban J connectivity index is 1.75. The second kappa shape index (κ2) is 9.71. The molecule has 0 unspecified atom stereocenters. The average Bonchev–Trinajstić information content (AvgIpc) is 3.10. The maximum Gasteiger partial charge on any atom is 0.234 e. The number of nitrogens with one attached hydrogen (secondary N) is 1. The van der Waals surface area contributed by atoms with E-state index in [4.69, 9.17) is 4.74 Å². The molecule has 1 N–H and O–H groups in total. The van der Waals surface area contributed by atoms with Crippen LogP contribution in [0.1, 0.15) is 16.7 Å². The van der Waals surface area contributed by atoms with Crippen LogP contribution in [0.2, 0.25) is 0 Å². The van der Waals surface area contributed by atoms with Gasteiger partial charge >= 0.3 is 0 Å². The highest BCUT2D eigenvalue weighted by molar-refractivity contribution is 7.99. The van der Waals surface area contributed by atoms with Crippen LogP contribution in [0.3, 0.4) is 0 Å². The second-order valence-electron chi connectivity index (χ2n) is 6.92. The molecule has 0 aliphatic rings. The number of methoxy groups -OCH3 is 1. The molecule has 0 aliphatic heterocycles. The molecule has 3 aromatic rings. The number of hydrogen-bond acceptors (Lipinski definition) is 5. The Hall–Kier alpha value is -2.64. The van der Waals surface area contributed by atoms with Gasteiger partial charge in [-0.3, -0.25) is 9.36 Å². The summed E-state index contributed by atoms with van der Waals surface area (Å²) < 4.78 is 7.26. The molecule has 1 amide bonds. The normalized spacial score (nSPS) is 10.9. The standard InChI is InChI=1S/C22H26N4O2S/c1-15-7-5-10-18(13-15)21-24-25-22(26(21)11-12-28-4)29-14-19(27)23-20-16(2)8-6-9-17(20)3/h5-10,13H,11-12,14H2,1-4H3,(H,23,27). The van der Waals surface area contributed by atoms with Crippen molar-refractivity contribution in [2.45, 2.75) is 32.5 Å². The Kier molecular flexibility index (Phi) is 7.06. The number of carbonyl (C=O) groups is 1. The van der Waals surface area contributed by atoms with Crippen molar-refractivity contribution < 1.29 is 9.53 Å². The Bertz CT molecular complexity index is 980. The van der Waals surface area contributed by atoms with Crippen LogP contribution in [-0.2, 0) is 16.1 Å². The fourth-order valence-corrected chi connectivity index (χ4v) is 3.86. The van der Waals surface area contributed by atoms with Crippen molar-refractivity contribution in [3.05, 3.63) is 59.2 Å². The van der Waals surface area contributed by atoms with Gasteiger partial charge in [0.1, 0.15) is 0 Å². The Morgan fingerprint density at radius 2 is 1.83 bits per heavy atom. The van der Waals surface area contributed by atoms with Gasteiger partial charge in [0.05, 0.1) is 18.9 Å². The van der Waals surface area contributed by atoms with E-state index in [1.165, 1.54) is 11.8 Å². The highest BCUT2D eigenvalue weighted by atomic mass is 32.2. The SMILES string of the molecule is COCCn1c(SCC(=O)Nc2c(C)cccc2C)nnc1-c1cccc(C)c1. The average molecular weight is 411 g/mol. The van der Waals surface area contributed by atoms with Crippen LogP contribution in [-0.4, -0.2) is 40.1 Å². The highest BCUT2D eigenvalue weighted by Crippen LogP contribution is 2.25. The fraction of sp³-hybridized carbons (Fsp3) is 0.318. The maximum atomic E-state index is 12.5. The summed E-state index contributed by atoms with van der Waals surface area (Å²) in [7, 11) is 1.67. The fourth-order valence-electron chi connectivity index (χ4n) is 3.09. The Labute approximate surface area is 175 Å². The molecular formula is C22H26N4O2S. The van der Waals surface area contributed by atoms with E-state index in [1.807, 2.05) is 61.7 Å². The number of para-hydroxylation sites is 1. The molecule has 0 aliphatic carbocycles. The number of benzene rings is 2. The molecular weight excluding hydrogens is 384 g/mol. The van der Waals surface area contributed by atoms with E-state index in [2.05, 4.69) is 21.6 Å². The lowest BCUT2D eigenvalue weighted by atomic mass is 10.1. The first-order chi connectivity index (χ1) is 14.0. The number of ether oxygens (including phenoxy) is 1. The largest absolute Gasteiger partial charge is 0.383 e. The third kappa shape index (κ3) is 5.25. The van der Waals surface area contributed by atoms with Gasteiger partial charge in [0.2, 0.25) is 5.91 Å². The van der Waals surface area contributed by atoms with Gasteiger partial charge in [-0.2, -0.15) is 0 Å². The zero-order chi connectivity index (χ0) is 20.8. The topological polar surface area (TPSA) is 69.0 Å². The van der Waals surface area contributed by atoms with Crippen molar-refractivity contribution in [3.63, 3.8) is 0 Å². The first-order valence-electron chi connectivity index (χ1n) is 9.47. The third-order valence-electron chi connectivity index (χ3n) is 4.59. The summed E-state index contributed by atoms with van der Waals surface area (Å²) in [5.41, 5.74) is 5.13. The summed E-state index contributed by atoms with van der Waals surface area (Å²) in [5.74, 6) is 0.974. The van der Waals surface area contributed by atoms with Gasteiger partial charge in [0, 0.05) is 18.4 Å². The van der Waals surface area contributed by atoms with Crippen molar-refractivity contribution >= 4 is 23.4 Å². The first-order valence-corrected chi connectivity index (χ1v) is 10.5. The van der Waals surface area contributed by atoms with Gasteiger partial charge in [-0.25, -0.2) is 0 Å². The molecule has 0 saturated heterocycles. The van der Waals surface area contributed by atoms with Crippen LogP contribution in [0.4, 0.5) is 5.69 Å². The lowest BCUT2D eigenvalue weighted by molar-refractivity contribution is -0.113. The third-order valence-corrected chi connectivity index (χ3v) is 5.56. The minimum Gasteiger partial charge on any atom is -0.383 e. The Morgan fingerprint density at radius 1 is 1.10 bits per heavy atom. The number of hydrogen-bond donors (Lipinski definition) is 1. The van der Waals surface area contributed by atoms with Gasteiger partial charge in [0.25, 0.3) is 0 Å². The summed E-state index contributed by atoms with van der Waals surface area (Å²) in [5, 5.41) is 12.4. The van der Waals surface area contributed by atoms with E-state index < -0.39 is 0 Å². The van der Waals surface area contributed by atoms with Gasteiger partial charge in [0.15, 0.2) is 11.0 Å². The lowest BCUT2D eigenvalue weighted by Gasteiger charge is -2.12. The number of thioether (sulfide) groups is 1. The Morgan fingerprint density at radius 3 is 2.52 bits per heavy atom. The number of carbonyl (C=O) groups excluding carboxylic acids is 1. The van der Waals surface area contributed by atoms with Crippen molar-refractivity contribution in [2.24, 2.45) is 0 Å². The molecule has 2 aromatic carbocycles. The second-order valence-corrected chi connectivity index (χ2v) is 7.87. The summed E-state index contributed by atoms with van der Waals surface area (Å²) in [6.45, 7) is 7.19. The molecule has 3 rings (SSSR count). The minimum absolute atomic E-state index is 0.0641. The van der Waals surface area contributed by atoms with E-state index in [9.17, 15) is 4.79 Å². The van der Waals surface area contributed by atoms with E-state index >= 15 is 0 Å². The summed E-state index contributed by atoms with van der Waals surface area (Å²) in [6.07, 6.45) is 0. The van der Waals surface area contributed by atoms with Crippen LogP contribution in [0.15, 0.2) is 47.6 Å². The zero-order valence-corrected chi connectivity index (χ0v) is 18.0. The summed E-state index contributed by atoms with van der Waals surface area (Å²) in [4.78, 5) is 12.5. The molecule has 0 saturated carbocycles. The van der Waals surface area contributed by atoms with Crippen LogP contribution in [0, 0.1) is 20.8 Å². The van der Waals surface area contributed by atoms with Crippen molar-refractivity contribution in [2.75, 3.05) is 24.8 Å². The van der Waals surface area contributed by atoms with Crippen LogP contribution >= 0.6 is 11.8 Å². The monoisotopic (exact) mass is 410 g/mol. The lowest BCUT2D eigenvalue weighted by Crippen LogP contribution is -2.16. The number of amides is 1. The highest BCUT2D eigenvalue weighted by Gasteiger charge is 2.16. The molecule has 0 spiro atoms. The molecule has 1 aromatic heterocycles. The maximum absolute atomic E-state index is 12.5. The van der Waals surface area contributed by atoms with E-state index in [-0.39, 0.29) is 11.7 Å². The van der Waals surface area contributed by atoms with Gasteiger partial charge in [-0.15, -0.1) is 10.2 Å². The van der Waals surface area contributed by atoms with Gasteiger partial charge in [-0.05, 0) is 38.0 Å². The molecule has 7 heteroatoms. The number of aromatic nitrogens is 3. The van der Waals surface area contributed by atoms with Crippen molar-refractivity contribution in [1.82, 2.24) is 14.8 Å². The van der Waals surface area contributed by atoms with Crippen LogP contribution in [0.5, 0.6) is 0 Å². The van der Waals surface area contributed by atoms with E-state index in [1.54, 1.807) is 7.11 Å². The molecule has 29 heavy (non-hydrogen) atoms. The predicted octanol–water partition coefficient (Wildman–Crippen LogP) is 4.25. The smallest absolute Gasteiger partial charge is 0.234 e. The molecule has 0 atom stereocenters. The summed E-state index contributed by atoms with van der Waals surface area (Å²) >= 11 is 1.38. The minimum atomic E-state index is -0.0641. The molecule has 6 nitrogen and oxygen atoms in total. The van der Waals surface area contributed by atoms with Crippen molar-refractivity contribution in [3.8, 4) is 11.4 Å². The predicted molar refractivity (Wildman–Crippen MR) is 117 cm³/mol. The molecule has 0 bridgehead atoms. The summed E-state index contributed by atoms with van der Waals surface area (Å²) in [6, 6.07) is 14.1. The zero-order valence-electron chi connectivity index (χ0n) is 17.2. The number of rotatable bonds is 8.